The smallest absolute Gasteiger partial charge is 0.0894 e. The molecule has 1 aromatic heterocycles. The van der Waals surface area contributed by atoms with E-state index in [1.54, 1.807) is 0 Å². The second kappa shape index (κ2) is 14.8. The Labute approximate surface area is 315 Å². The van der Waals surface area contributed by atoms with Crippen molar-refractivity contribution in [1.82, 2.24) is 9.97 Å². The fourth-order valence-electron chi connectivity index (χ4n) is 7.24. The number of benzene rings is 8. The summed E-state index contributed by atoms with van der Waals surface area (Å²) in [6, 6.07) is 59.6. The van der Waals surface area contributed by atoms with Gasteiger partial charge in [-0.3, -0.25) is 0 Å². The molecule has 0 saturated heterocycles. The Hall–Kier alpha value is -7.16. The van der Waals surface area contributed by atoms with Gasteiger partial charge in [0.1, 0.15) is 0 Å². The van der Waals surface area contributed by atoms with Gasteiger partial charge in [-0.15, -0.1) is 0 Å². The lowest BCUT2D eigenvalue weighted by Gasteiger charge is -2.09. The van der Waals surface area contributed by atoms with Crippen LogP contribution >= 0.6 is 0 Å². The third-order valence-corrected chi connectivity index (χ3v) is 9.98. The molecule has 1 heterocycles. The summed E-state index contributed by atoms with van der Waals surface area (Å²) >= 11 is 0. The van der Waals surface area contributed by atoms with Crippen molar-refractivity contribution in [3.05, 3.63) is 215 Å². The molecule has 0 saturated carbocycles. The molecule has 0 unspecified atom stereocenters. The quantitative estimate of drug-likeness (QED) is 0.159. The van der Waals surface area contributed by atoms with Crippen molar-refractivity contribution in [2.24, 2.45) is 0 Å². The molecular formula is C52H36N2. The highest BCUT2D eigenvalue weighted by Crippen LogP contribution is 2.27. The van der Waals surface area contributed by atoms with E-state index in [2.05, 4.69) is 218 Å². The van der Waals surface area contributed by atoms with Gasteiger partial charge in [-0.05, 0) is 89.6 Å². The highest BCUT2D eigenvalue weighted by molar-refractivity contribution is 5.97. The summed E-state index contributed by atoms with van der Waals surface area (Å²) in [5, 5.41) is 9.60. The van der Waals surface area contributed by atoms with Crippen molar-refractivity contribution in [3.8, 4) is 0 Å². The average Bonchev–Trinajstić information content (AvgIpc) is 3.23. The predicted molar refractivity (Wildman–Crippen MR) is 234 cm³/mol. The standard InChI is InChI=1S/C52H36N2/c1-5-25-45-37(13-1)17-9-21-41(45)29-33-49-50(34-30-42-22-10-18-38-14-2-6-26-46(38)42)54-52(36-32-44-24-12-20-40-16-4-8-28-48(40)44)51(53-49)35-31-43-23-11-19-39-15-3-7-27-47(39)43/h1-36H/b33-29+,34-30+,35-31+,36-32+. The topological polar surface area (TPSA) is 25.8 Å². The Balaban J connectivity index is 1.22. The van der Waals surface area contributed by atoms with Crippen LogP contribution in [0.25, 0.3) is 91.7 Å². The van der Waals surface area contributed by atoms with E-state index in [4.69, 9.17) is 9.97 Å². The molecule has 8 aromatic carbocycles. The minimum atomic E-state index is 0.791. The number of aromatic nitrogens is 2. The molecule has 0 aliphatic heterocycles. The van der Waals surface area contributed by atoms with Crippen molar-refractivity contribution >= 4 is 91.7 Å². The first-order valence-electron chi connectivity index (χ1n) is 18.3. The third kappa shape index (κ3) is 6.77. The van der Waals surface area contributed by atoms with Gasteiger partial charge in [0.25, 0.3) is 0 Å². The molecule has 254 valence electrons. The first-order valence-corrected chi connectivity index (χ1v) is 18.3. The molecule has 0 aliphatic rings. The van der Waals surface area contributed by atoms with Gasteiger partial charge in [-0.25, -0.2) is 9.97 Å². The number of nitrogens with zero attached hydrogens (tertiary/aromatic N) is 2. The van der Waals surface area contributed by atoms with Gasteiger partial charge >= 0.3 is 0 Å². The van der Waals surface area contributed by atoms with Crippen LogP contribution in [0.3, 0.4) is 0 Å². The molecular weight excluding hydrogens is 653 g/mol. The minimum absolute atomic E-state index is 0.791. The highest BCUT2D eigenvalue weighted by atomic mass is 14.8. The zero-order valence-corrected chi connectivity index (χ0v) is 29.7. The molecule has 0 N–H and O–H groups in total. The number of hydrogen-bond acceptors (Lipinski definition) is 2. The normalized spacial score (nSPS) is 12.1. The van der Waals surface area contributed by atoms with Crippen LogP contribution < -0.4 is 0 Å². The maximum absolute atomic E-state index is 5.37. The van der Waals surface area contributed by atoms with Crippen molar-refractivity contribution in [2.45, 2.75) is 0 Å². The Morgan fingerprint density at radius 3 is 0.704 bits per heavy atom. The predicted octanol–water partition coefficient (Wildman–Crippen LogP) is 13.8. The van der Waals surface area contributed by atoms with E-state index in [-0.39, 0.29) is 0 Å². The van der Waals surface area contributed by atoms with E-state index in [0.29, 0.717) is 0 Å². The molecule has 54 heavy (non-hydrogen) atoms. The number of rotatable bonds is 8. The van der Waals surface area contributed by atoms with Crippen LogP contribution in [0.2, 0.25) is 0 Å². The van der Waals surface area contributed by atoms with Crippen molar-refractivity contribution in [2.75, 3.05) is 0 Å². The highest BCUT2D eigenvalue weighted by Gasteiger charge is 2.10. The van der Waals surface area contributed by atoms with Crippen LogP contribution in [-0.4, -0.2) is 9.97 Å². The number of hydrogen-bond donors (Lipinski definition) is 0. The molecule has 0 aliphatic carbocycles. The monoisotopic (exact) mass is 688 g/mol. The van der Waals surface area contributed by atoms with Crippen molar-refractivity contribution in [1.29, 1.82) is 0 Å². The molecule has 2 nitrogen and oxygen atoms in total. The van der Waals surface area contributed by atoms with Gasteiger partial charge in [0.2, 0.25) is 0 Å². The van der Waals surface area contributed by atoms with Gasteiger partial charge in [-0.1, -0.05) is 194 Å². The SMILES string of the molecule is C(=C\c1cccc2ccccc12)/c1nc(/C=C/c2cccc3ccccc23)c(/C=C/c2cccc3ccccc23)nc1/C=C/c1cccc2ccccc12. The van der Waals surface area contributed by atoms with Gasteiger partial charge in [0.05, 0.1) is 22.8 Å². The van der Waals surface area contributed by atoms with E-state index in [9.17, 15) is 0 Å². The Bertz CT molecular complexity index is 2520. The van der Waals surface area contributed by atoms with Crippen LogP contribution in [0.15, 0.2) is 170 Å². The maximum Gasteiger partial charge on any atom is 0.0894 e. The van der Waals surface area contributed by atoms with Gasteiger partial charge < -0.3 is 0 Å². The Morgan fingerprint density at radius 2 is 0.444 bits per heavy atom. The lowest BCUT2D eigenvalue weighted by atomic mass is 10.0. The summed E-state index contributed by atoms with van der Waals surface area (Å²) < 4.78 is 0. The largest absolute Gasteiger partial charge is 0.245 e. The third-order valence-electron chi connectivity index (χ3n) is 9.98. The summed E-state index contributed by atoms with van der Waals surface area (Å²) in [6.45, 7) is 0. The van der Waals surface area contributed by atoms with Gasteiger partial charge in [0, 0.05) is 0 Å². The van der Waals surface area contributed by atoms with E-state index in [1.807, 2.05) is 0 Å². The van der Waals surface area contributed by atoms with Crippen molar-refractivity contribution < 1.29 is 0 Å². The maximum atomic E-state index is 5.37. The van der Waals surface area contributed by atoms with Gasteiger partial charge in [-0.2, -0.15) is 0 Å². The summed E-state index contributed by atoms with van der Waals surface area (Å²) in [5.41, 5.74) is 7.69. The van der Waals surface area contributed by atoms with Crippen LogP contribution in [0.1, 0.15) is 45.0 Å². The lowest BCUT2D eigenvalue weighted by Crippen LogP contribution is -2.00. The fourth-order valence-corrected chi connectivity index (χ4v) is 7.24. The van der Waals surface area contributed by atoms with Crippen LogP contribution in [0, 0.1) is 0 Å². The van der Waals surface area contributed by atoms with E-state index < -0.39 is 0 Å². The second-order valence-corrected chi connectivity index (χ2v) is 13.4. The van der Waals surface area contributed by atoms with Gasteiger partial charge in [0.15, 0.2) is 0 Å². The van der Waals surface area contributed by atoms with Crippen molar-refractivity contribution in [3.63, 3.8) is 0 Å². The summed E-state index contributed by atoms with van der Waals surface area (Å²) in [7, 11) is 0. The molecule has 0 fully saturated rings. The molecule has 0 atom stereocenters. The molecule has 2 heteroatoms. The molecule has 9 rings (SSSR count). The first-order chi connectivity index (χ1) is 26.8. The van der Waals surface area contributed by atoms with E-state index in [1.165, 1.54) is 43.1 Å². The summed E-state index contributed by atoms with van der Waals surface area (Å²) in [5.74, 6) is 0. The molecule has 0 bridgehead atoms. The zero-order valence-electron chi connectivity index (χ0n) is 29.7. The minimum Gasteiger partial charge on any atom is -0.245 e. The van der Waals surface area contributed by atoms with E-state index in [0.717, 1.165) is 45.0 Å². The Morgan fingerprint density at radius 1 is 0.222 bits per heavy atom. The molecule has 0 radical (unpaired) electrons. The summed E-state index contributed by atoms with van der Waals surface area (Å²) in [6.07, 6.45) is 17.0. The van der Waals surface area contributed by atoms with Crippen LogP contribution in [-0.2, 0) is 0 Å². The lowest BCUT2D eigenvalue weighted by molar-refractivity contribution is 1.12. The molecule has 0 amide bonds. The molecule has 0 spiro atoms. The number of fused-ring (bicyclic) bond motifs is 4. The fraction of sp³-hybridized carbons (Fsp3) is 0. The summed E-state index contributed by atoms with van der Waals surface area (Å²) in [4.78, 5) is 10.7. The first kappa shape index (κ1) is 32.7. The zero-order chi connectivity index (χ0) is 36.1. The van der Waals surface area contributed by atoms with E-state index >= 15 is 0 Å². The molecule has 9 aromatic rings. The average molecular weight is 689 g/mol. The Kier molecular flexibility index (Phi) is 8.99. The van der Waals surface area contributed by atoms with Crippen LogP contribution in [0.5, 0.6) is 0 Å². The van der Waals surface area contributed by atoms with Crippen LogP contribution in [0.4, 0.5) is 0 Å². The second-order valence-electron chi connectivity index (χ2n) is 13.4.